The van der Waals surface area contributed by atoms with Gasteiger partial charge >= 0.3 is 0 Å². The van der Waals surface area contributed by atoms with Gasteiger partial charge in [-0.2, -0.15) is 0 Å². The molecule has 0 aromatic carbocycles. The first-order valence-corrected chi connectivity index (χ1v) is 2.04. The number of allylic oxidation sites excluding steroid dienone is 1. The minimum Gasteiger partial charge on any atom is -0.515 e. The maximum Gasteiger partial charge on any atom is 0.224 e. The van der Waals surface area contributed by atoms with Crippen LogP contribution in [0.25, 0.3) is 0 Å². The molecule has 0 radical (unpaired) electrons. The number of aliphatic hydroxyl groups is 1. The Morgan fingerprint density at radius 1 is 1.50 bits per heavy atom. The lowest BCUT2D eigenvalue weighted by Gasteiger charge is -1.78. The van der Waals surface area contributed by atoms with E-state index in [0.717, 1.165) is 13.0 Å². The second kappa shape index (κ2) is 2.96. The minimum absolute atomic E-state index is 0.545. The molecule has 0 unspecified atom stereocenters. The maximum absolute atomic E-state index is 10.1. The standard InChI is InChI=1S/C5H6O3/c1-4(7)5(8)2-3-6/h2-3,6H,1H3. The lowest BCUT2D eigenvalue weighted by molar-refractivity contribution is -0.132. The molecule has 0 aromatic rings. The van der Waals surface area contributed by atoms with Crippen molar-refractivity contribution < 1.29 is 14.7 Å². The Kier molecular flexibility index (Phi) is 2.54. The summed E-state index contributed by atoms with van der Waals surface area (Å²) in [5.41, 5.74) is 0. The third kappa shape index (κ3) is 2.12. The third-order valence-corrected chi connectivity index (χ3v) is 0.573. The number of carbonyl (C=O) groups excluding carboxylic acids is 2. The zero-order chi connectivity index (χ0) is 6.57. The van der Waals surface area contributed by atoms with Gasteiger partial charge in [-0.1, -0.05) is 0 Å². The molecule has 0 saturated carbocycles. The zero-order valence-electron chi connectivity index (χ0n) is 4.42. The molecule has 0 saturated heterocycles. The van der Waals surface area contributed by atoms with Crippen molar-refractivity contribution in [3.63, 3.8) is 0 Å². The molecule has 0 amide bonds. The summed E-state index contributed by atoms with van der Waals surface area (Å²) in [5, 5.41) is 7.93. The lowest BCUT2D eigenvalue weighted by Crippen LogP contribution is -2.04. The highest BCUT2D eigenvalue weighted by Crippen LogP contribution is 1.75. The first-order chi connectivity index (χ1) is 3.68. The van der Waals surface area contributed by atoms with Crippen LogP contribution in [0.4, 0.5) is 0 Å². The quantitative estimate of drug-likeness (QED) is 0.317. The Morgan fingerprint density at radius 3 is 2.12 bits per heavy atom. The number of hydrogen-bond acceptors (Lipinski definition) is 3. The zero-order valence-corrected chi connectivity index (χ0v) is 4.42. The van der Waals surface area contributed by atoms with E-state index in [1.165, 1.54) is 0 Å². The van der Waals surface area contributed by atoms with E-state index in [2.05, 4.69) is 0 Å². The van der Waals surface area contributed by atoms with Crippen molar-refractivity contribution in [1.82, 2.24) is 0 Å². The summed E-state index contributed by atoms with van der Waals surface area (Å²) in [7, 11) is 0. The molecule has 3 heteroatoms. The summed E-state index contributed by atoms with van der Waals surface area (Å²) in [4.78, 5) is 20.2. The van der Waals surface area contributed by atoms with Crippen LogP contribution in [-0.2, 0) is 9.59 Å². The Bertz CT molecular complexity index is 135. The van der Waals surface area contributed by atoms with Gasteiger partial charge in [-0.05, 0) is 0 Å². The molecule has 0 heterocycles. The number of hydrogen-bond donors (Lipinski definition) is 1. The van der Waals surface area contributed by atoms with Crippen molar-refractivity contribution in [2.75, 3.05) is 0 Å². The van der Waals surface area contributed by atoms with Crippen LogP contribution in [-0.4, -0.2) is 16.7 Å². The topological polar surface area (TPSA) is 54.4 Å². The van der Waals surface area contributed by atoms with E-state index in [1.807, 2.05) is 0 Å². The number of carbonyl (C=O) groups is 2. The van der Waals surface area contributed by atoms with Gasteiger partial charge in [-0.15, -0.1) is 0 Å². The fraction of sp³-hybridized carbons (Fsp3) is 0.200. The second-order valence-electron chi connectivity index (χ2n) is 1.24. The van der Waals surface area contributed by atoms with E-state index in [9.17, 15) is 9.59 Å². The average Bonchev–Trinajstić information content (AvgIpc) is 1.67. The van der Waals surface area contributed by atoms with E-state index in [1.54, 1.807) is 0 Å². The number of Topliss-reactive ketones (excluding diaryl/α,β-unsaturated/α-hetero) is 1. The maximum atomic E-state index is 10.1. The summed E-state index contributed by atoms with van der Waals surface area (Å²) < 4.78 is 0. The Balaban J connectivity index is 3.85. The Labute approximate surface area is 46.6 Å². The van der Waals surface area contributed by atoms with E-state index in [4.69, 9.17) is 5.11 Å². The summed E-state index contributed by atoms with van der Waals surface area (Å²) in [6, 6.07) is 0. The van der Waals surface area contributed by atoms with Crippen LogP contribution in [0.15, 0.2) is 12.3 Å². The number of rotatable bonds is 2. The normalized spacial score (nSPS) is 9.62. The van der Waals surface area contributed by atoms with Crippen LogP contribution in [0.1, 0.15) is 6.92 Å². The third-order valence-electron chi connectivity index (χ3n) is 0.573. The second-order valence-corrected chi connectivity index (χ2v) is 1.24. The Hall–Kier alpha value is -1.12. The fourth-order valence-corrected chi connectivity index (χ4v) is 0.185. The van der Waals surface area contributed by atoms with Gasteiger partial charge in [-0.3, -0.25) is 9.59 Å². The van der Waals surface area contributed by atoms with E-state index >= 15 is 0 Å². The lowest BCUT2D eigenvalue weighted by atomic mass is 10.3. The summed E-state index contributed by atoms with van der Waals surface area (Å²) >= 11 is 0. The molecule has 0 atom stereocenters. The van der Waals surface area contributed by atoms with Crippen LogP contribution >= 0.6 is 0 Å². The molecular weight excluding hydrogens is 108 g/mol. The molecule has 44 valence electrons. The van der Waals surface area contributed by atoms with Gasteiger partial charge in [0.1, 0.15) is 0 Å². The fourth-order valence-electron chi connectivity index (χ4n) is 0.185. The molecule has 3 nitrogen and oxygen atoms in total. The molecule has 0 rings (SSSR count). The molecule has 8 heavy (non-hydrogen) atoms. The number of aliphatic hydroxyl groups excluding tert-OH is 1. The highest BCUT2D eigenvalue weighted by molar-refractivity contribution is 6.40. The van der Waals surface area contributed by atoms with E-state index in [0.29, 0.717) is 6.26 Å². The van der Waals surface area contributed by atoms with Gasteiger partial charge in [0.2, 0.25) is 5.78 Å². The van der Waals surface area contributed by atoms with Gasteiger partial charge in [0.25, 0.3) is 0 Å². The first kappa shape index (κ1) is 6.88. The van der Waals surface area contributed by atoms with Crippen LogP contribution in [0.2, 0.25) is 0 Å². The highest BCUT2D eigenvalue weighted by atomic mass is 16.2. The molecule has 0 bridgehead atoms. The Morgan fingerprint density at radius 2 is 2.00 bits per heavy atom. The van der Waals surface area contributed by atoms with Crippen LogP contribution in [0, 0.1) is 0 Å². The number of ketones is 2. The highest BCUT2D eigenvalue weighted by Gasteiger charge is 1.99. The SMILES string of the molecule is CC(=O)C(=O)C=CO. The molecular formula is C5H6O3. The van der Waals surface area contributed by atoms with Gasteiger partial charge in [-0.25, -0.2) is 0 Å². The molecule has 1 N–H and O–H groups in total. The molecule has 0 aliphatic heterocycles. The van der Waals surface area contributed by atoms with Crippen molar-refractivity contribution in [3.05, 3.63) is 12.3 Å². The van der Waals surface area contributed by atoms with Crippen molar-refractivity contribution in [2.45, 2.75) is 6.92 Å². The molecule has 0 spiro atoms. The summed E-state index contributed by atoms with van der Waals surface area (Å²) in [6.45, 7) is 1.14. The van der Waals surface area contributed by atoms with Crippen LogP contribution in [0.5, 0.6) is 0 Å². The first-order valence-electron chi connectivity index (χ1n) is 2.04. The van der Waals surface area contributed by atoms with Gasteiger partial charge in [0.05, 0.1) is 6.26 Å². The monoisotopic (exact) mass is 114 g/mol. The van der Waals surface area contributed by atoms with Crippen molar-refractivity contribution in [3.8, 4) is 0 Å². The van der Waals surface area contributed by atoms with E-state index < -0.39 is 11.6 Å². The molecule has 0 aromatic heterocycles. The minimum atomic E-state index is -0.688. The van der Waals surface area contributed by atoms with Crippen LogP contribution in [0.3, 0.4) is 0 Å². The van der Waals surface area contributed by atoms with Crippen molar-refractivity contribution in [1.29, 1.82) is 0 Å². The van der Waals surface area contributed by atoms with Crippen molar-refractivity contribution in [2.24, 2.45) is 0 Å². The smallest absolute Gasteiger partial charge is 0.224 e. The molecule has 0 aliphatic rings. The predicted molar refractivity (Wildman–Crippen MR) is 27.5 cm³/mol. The van der Waals surface area contributed by atoms with Crippen molar-refractivity contribution >= 4 is 11.6 Å². The van der Waals surface area contributed by atoms with Gasteiger partial charge in [0.15, 0.2) is 5.78 Å². The largest absolute Gasteiger partial charge is 0.515 e. The van der Waals surface area contributed by atoms with Gasteiger partial charge in [0, 0.05) is 13.0 Å². The van der Waals surface area contributed by atoms with Gasteiger partial charge < -0.3 is 5.11 Å². The summed E-state index contributed by atoms with van der Waals surface area (Å²) in [5.74, 6) is -1.26. The van der Waals surface area contributed by atoms with Crippen LogP contribution < -0.4 is 0 Å². The molecule has 0 aliphatic carbocycles. The average molecular weight is 114 g/mol. The van der Waals surface area contributed by atoms with E-state index in [-0.39, 0.29) is 0 Å². The molecule has 0 fully saturated rings. The summed E-state index contributed by atoms with van der Waals surface area (Å²) in [6.07, 6.45) is 1.35. The predicted octanol–water partition coefficient (Wildman–Crippen LogP) is 0.216.